The number of hydrogen-bond donors (Lipinski definition) is 1. The summed E-state index contributed by atoms with van der Waals surface area (Å²) in [6, 6.07) is 0. The molecular weight excluding hydrogens is 182 g/mol. The molecule has 13 heavy (non-hydrogen) atoms. The van der Waals surface area contributed by atoms with Crippen molar-refractivity contribution >= 4 is 17.7 Å². The van der Waals surface area contributed by atoms with Gasteiger partial charge in [-0.05, 0) is 25.5 Å². The van der Waals surface area contributed by atoms with Gasteiger partial charge in [-0.25, -0.2) is 0 Å². The molecule has 0 saturated carbocycles. The maximum absolute atomic E-state index is 10.7. The Labute approximate surface area is 85.9 Å². The van der Waals surface area contributed by atoms with Crippen molar-refractivity contribution in [2.45, 2.75) is 44.8 Å². The number of rotatable bonds is 6. The van der Waals surface area contributed by atoms with Gasteiger partial charge in [0.05, 0.1) is 0 Å². The van der Waals surface area contributed by atoms with Crippen LogP contribution < -0.4 is 5.32 Å². The third kappa shape index (κ3) is 4.55. The molecule has 0 atom stereocenters. The van der Waals surface area contributed by atoms with Gasteiger partial charge in [0.25, 0.3) is 0 Å². The maximum Gasteiger partial charge on any atom is 0.216 e. The molecule has 0 aromatic carbocycles. The van der Waals surface area contributed by atoms with Crippen LogP contribution in [0.15, 0.2) is 0 Å². The second-order valence-electron chi connectivity index (χ2n) is 3.33. The van der Waals surface area contributed by atoms with E-state index in [9.17, 15) is 4.79 Å². The molecule has 1 amide bonds. The summed E-state index contributed by atoms with van der Waals surface area (Å²) in [4.78, 5) is 10.7. The number of amides is 1. The first-order chi connectivity index (χ1) is 6.10. The Bertz CT molecular complexity index is 147. The lowest BCUT2D eigenvalue weighted by Gasteiger charge is -2.29. The quantitative estimate of drug-likeness (QED) is 0.718. The summed E-state index contributed by atoms with van der Waals surface area (Å²) in [5, 5.41) is 2.85. The van der Waals surface area contributed by atoms with Crippen LogP contribution in [0.5, 0.6) is 0 Å². The maximum atomic E-state index is 10.7. The van der Waals surface area contributed by atoms with E-state index in [1.54, 1.807) is 6.92 Å². The van der Waals surface area contributed by atoms with Crippen LogP contribution in [0.3, 0.4) is 0 Å². The minimum Gasteiger partial charge on any atom is -0.356 e. The lowest BCUT2D eigenvalue weighted by Crippen LogP contribution is -2.30. The predicted molar refractivity (Wildman–Crippen MR) is 60.1 cm³/mol. The third-order valence-corrected chi connectivity index (χ3v) is 4.32. The van der Waals surface area contributed by atoms with E-state index in [1.807, 2.05) is 11.8 Å². The Morgan fingerprint density at radius 3 is 2.23 bits per heavy atom. The monoisotopic (exact) mass is 203 g/mol. The Morgan fingerprint density at radius 1 is 1.38 bits per heavy atom. The van der Waals surface area contributed by atoms with Crippen molar-refractivity contribution in [2.75, 3.05) is 12.8 Å². The minimum atomic E-state index is 0.0715. The molecule has 0 aliphatic rings. The molecule has 0 heterocycles. The molecular formula is C10H21NOS. The first kappa shape index (κ1) is 12.8. The van der Waals surface area contributed by atoms with Gasteiger partial charge in [0.15, 0.2) is 0 Å². The molecule has 3 heteroatoms. The molecule has 0 aromatic heterocycles. The van der Waals surface area contributed by atoms with Crippen LogP contribution in [-0.2, 0) is 4.79 Å². The number of nitrogens with one attached hydrogen (secondary N) is 1. The number of thioether (sulfide) groups is 1. The van der Waals surface area contributed by atoms with Gasteiger partial charge in [-0.2, -0.15) is 11.8 Å². The van der Waals surface area contributed by atoms with Crippen LogP contribution in [0.25, 0.3) is 0 Å². The fourth-order valence-electron chi connectivity index (χ4n) is 1.46. The highest BCUT2D eigenvalue weighted by Crippen LogP contribution is 2.33. The first-order valence-electron chi connectivity index (χ1n) is 4.89. The van der Waals surface area contributed by atoms with Gasteiger partial charge < -0.3 is 5.32 Å². The van der Waals surface area contributed by atoms with Gasteiger partial charge in [0, 0.05) is 18.2 Å². The van der Waals surface area contributed by atoms with Gasteiger partial charge in [-0.15, -0.1) is 0 Å². The fraction of sp³-hybridized carbons (Fsp3) is 0.900. The van der Waals surface area contributed by atoms with Crippen molar-refractivity contribution in [1.29, 1.82) is 0 Å². The van der Waals surface area contributed by atoms with Crippen LogP contribution in [-0.4, -0.2) is 23.5 Å². The fourth-order valence-corrected chi connectivity index (χ4v) is 2.34. The SMILES string of the molecule is CCC(CC)(CCNC(C)=O)SC. The second-order valence-corrected chi connectivity index (χ2v) is 4.60. The lowest BCUT2D eigenvalue weighted by molar-refractivity contribution is -0.118. The van der Waals surface area contributed by atoms with Crippen molar-refractivity contribution in [3.8, 4) is 0 Å². The van der Waals surface area contributed by atoms with Gasteiger partial charge in [0.1, 0.15) is 0 Å². The largest absolute Gasteiger partial charge is 0.356 e. The Balaban J connectivity index is 3.88. The molecule has 2 nitrogen and oxygen atoms in total. The van der Waals surface area contributed by atoms with E-state index in [0.29, 0.717) is 4.75 Å². The van der Waals surface area contributed by atoms with Crippen LogP contribution in [0.4, 0.5) is 0 Å². The average molecular weight is 203 g/mol. The highest BCUT2D eigenvalue weighted by atomic mass is 32.2. The zero-order chi connectivity index (χ0) is 10.3. The molecule has 0 aliphatic heterocycles. The average Bonchev–Trinajstić information content (AvgIpc) is 2.13. The molecule has 0 fully saturated rings. The number of carbonyl (C=O) groups is 1. The molecule has 0 spiro atoms. The molecule has 0 aromatic rings. The van der Waals surface area contributed by atoms with E-state index in [2.05, 4.69) is 25.4 Å². The zero-order valence-electron chi connectivity index (χ0n) is 9.14. The summed E-state index contributed by atoms with van der Waals surface area (Å²) in [6.07, 6.45) is 5.57. The molecule has 0 aliphatic carbocycles. The molecule has 0 rings (SSSR count). The molecule has 0 radical (unpaired) electrons. The summed E-state index contributed by atoms with van der Waals surface area (Å²) in [7, 11) is 0. The Morgan fingerprint density at radius 2 is 1.92 bits per heavy atom. The van der Waals surface area contributed by atoms with Crippen LogP contribution in [0, 0.1) is 0 Å². The van der Waals surface area contributed by atoms with Crippen molar-refractivity contribution in [3.63, 3.8) is 0 Å². The Hall–Kier alpha value is -0.180. The summed E-state index contributed by atoms with van der Waals surface area (Å²) < 4.78 is 0.364. The van der Waals surface area contributed by atoms with E-state index in [1.165, 1.54) is 12.8 Å². The van der Waals surface area contributed by atoms with E-state index in [-0.39, 0.29) is 5.91 Å². The van der Waals surface area contributed by atoms with Crippen molar-refractivity contribution in [2.24, 2.45) is 0 Å². The summed E-state index contributed by atoms with van der Waals surface area (Å²) in [5.74, 6) is 0.0715. The molecule has 0 bridgehead atoms. The smallest absolute Gasteiger partial charge is 0.216 e. The lowest BCUT2D eigenvalue weighted by atomic mass is 9.98. The first-order valence-corrected chi connectivity index (χ1v) is 6.12. The van der Waals surface area contributed by atoms with Gasteiger partial charge in [0.2, 0.25) is 5.91 Å². The van der Waals surface area contributed by atoms with E-state index >= 15 is 0 Å². The molecule has 78 valence electrons. The molecule has 0 saturated heterocycles. The molecule has 1 N–H and O–H groups in total. The van der Waals surface area contributed by atoms with Gasteiger partial charge >= 0.3 is 0 Å². The van der Waals surface area contributed by atoms with Crippen LogP contribution in [0.2, 0.25) is 0 Å². The topological polar surface area (TPSA) is 29.1 Å². The normalized spacial score (nSPS) is 11.4. The predicted octanol–water partition coefficient (Wildman–Crippen LogP) is 2.43. The van der Waals surface area contributed by atoms with E-state index in [4.69, 9.17) is 0 Å². The highest BCUT2D eigenvalue weighted by molar-refractivity contribution is 8.00. The number of hydrogen-bond acceptors (Lipinski definition) is 2. The standard InChI is InChI=1S/C10H21NOS/c1-5-10(6-2,13-4)7-8-11-9(3)12/h5-8H2,1-4H3,(H,11,12). The van der Waals surface area contributed by atoms with Gasteiger partial charge in [-0.1, -0.05) is 13.8 Å². The van der Waals surface area contributed by atoms with E-state index in [0.717, 1.165) is 13.0 Å². The summed E-state index contributed by atoms with van der Waals surface area (Å²) in [5.41, 5.74) is 0. The van der Waals surface area contributed by atoms with E-state index < -0.39 is 0 Å². The van der Waals surface area contributed by atoms with Crippen molar-refractivity contribution in [1.82, 2.24) is 5.32 Å². The van der Waals surface area contributed by atoms with Crippen molar-refractivity contribution < 1.29 is 4.79 Å². The minimum absolute atomic E-state index is 0.0715. The third-order valence-electron chi connectivity index (χ3n) is 2.68. The Kier molecular flexibility index (Phi) is 6.21. The second kappa shape index (κ2) is 6.30. The number of carbonyl (C=O) groups excluding carboxylic acids is 1. The van der Waals surface area contributed by atoms with Gasteiger partial charge in [-0.3, -0.25) is 4.79 Å². The van der Waals surface area contributed by atoms with Crippen LogP contribution >= 0.6 is 11.8 Å². The highest BCUT2D eigenvalue weighted by Gasteiger charge is 2.23. The van der Waals surface area contributed by atoms with Crippen molar-refractivity contribution in [3.05, 3.63) is 0 Å². The summed E-state index contributed by atoms with van der Waals surface area (Å²) >= 11 is 1.92. The van der Waals surface area contributed by atoms with Crippen LogP contribution in [0.1, 0.15) is 40.0 Å². The molecule has 0 unspecified atom stereocenters. The summed E-state index contributed by atoms with van der Waals surface area (Å²) in [6.45, 7) is 6.80. The zero-order valence-corrected chi connectivity index (χ0v) is 9.96.